The molecular formula is C21H20N2O5. The normalized spacial score (nSPS) is 12.6. The summed E-state index contributed by atoms with van der Waals surface area (Å²) in [5.41, 5.74) is 1.38. The minimum absolute atomic E-state index is 0.263. The van der Waals surface area contributed by atoms with Gasteiger partial charge in [-0.3, -0.25) is 9.59 Å². The number of aryl methyl sites for hydroxylation is 2. The molecule has 3 aromatic rings. The maximum atomic E-state index is 13.0. The van der Waals surface area contributed by atoms with Gasteiger partial charge < -0.3 is 24.5 Å². The molecule has 0 atom stereocenters. The standard InChI is InChI=1S/C21H20N2O5/c1-27-15-9-8-13(11-16(15)28-2)22-20(25)17-19(24)14-7-3-5-12-6-4-10-23(18(12)14)21(17)26/h3,5,7-9,11,24H,4,6,10H2,1-2H3,(H,22,25). The highest BCUT2D eigenvalue weighted by molar-refractivity contribution is 6.09. The summed E-state index contributed by atoms with van der Waals surface area (Å²) in [4.78, 5) is 25.8. The van der Waals surface area contributed by atoms with Crippen molar-refractivity contribution in [3.8, 4) is 17.2 Å². The summed E-state index contributed by atoms with van der Waals surface area (Å²) >= 11 is 0. The Morgan fingerprint density at radius 2 is 1.93 bits per heavy atom. The number of aromatic nitrogens is 1. The number of carbonyl (C=O) groups is 1. The fourth-order valence-corrected chi connectivity index (χ4v) is 3.73. The monoisotopic (exact) mass is 380 g/mol. The van der Waals surface area contributed by atoms with Crippen molar-refractivity contribution in [1.82, 2.24) is 4.57 Å². The van der Waals surface area contributed by atoms with E-state index in [9.17, 15) is 14.7 Å². The summed E-state index contributed by atoms with van der Waals surface area (Å²) in [6.45, 7) is 0.517. The van der Waals surface area contributed by atoms with E-state index in [1.165, 1.54) is 14.2 Å². The minimum atomic E-state index is -0.670. The van der Waals surface area contributed by atoms with E-state index in [4.69, 9.17) is 9.47 Å². The van der Waals surface area contributed by atoms with Gasteiger partial charge in [0, 0.05) is 23.7 Å². The molecule has 0 fully saturated rings. The number of benzene rings is 2. The van der Waals surface area contributed by atoms with Crippen molar-refractivity contribution < 1.29 is 19.4 Å². The Bertz CT molecular complexity index is 1150. The van der Waals surface area contributed by atoms with Crippen molar-refractivity contribution in [1.29, 1.82) is 0 Å². The van der Waals surface area contributed by atoms with Gasteiger partial charge in [0.2, 0.25) is 0 Å². The summed E-state index contributed by atoms with van der Waals surface area (Å²) in [7, 11) is 3.01. The van der Waals surface area contributed by atoms with E-state index in [1.54, 1.807) is 28.8 Å². The Labute approximate surface area is 161 Å². The lowest BCUT2D eigenvalue weighted by atomic mass is 9.99. The van der Waals surface area contributed by atoms with Crippen LogP contribution >= 0.6 is 0 Å². The first kappa shape index (κ1) is 17.9. The van der Waals surface area contributed by atoms with E-state index in [2.05, 4.69) is 5.32 Å². The molecule has 1 aliphatic rings. The molecule has 2 N–H and O–H groups in total. The molecule has 4 rings (SSSR count). The molecule has 2 heterocycles. The molecule has 7 heteroatoms. The number of nitrogens with one attached hydrogen (secondary N) is 1. The lowest BCUT2D eigenvalue weighted by Crippen LogP contribution is -2.31. The number of nitrogens with zero attached hydrogens (tertiary/aromatic N) is 1. The minimum Gasteiger partial charge on any atom is -0.506 e. The van der Waals surface area contributed by atoms with Crippen LogP contribution in [0.1, 0.15) is 22.3 Å². The molecular weight excluding hydrogens is 360 g/mol. The fraction of sp³-hybridized carbons (Fsp3) is 0.238. The topological polar surface area (TPSA) is 89.8 Å². The Kier molecular flexibility index (Phi) is 4.43. The Balaban J connectivity index is 1.80. The van der Waals surface area contributed by atoms with E-state index in [-0.39, 0.29) is 11.3 Å². The summed E-state index contributed by atoms with van der Waals surface area (Å²) in [6, 6.07) is 10.4. The highest BCUT2D eigenvalue weighted by Crippen LogP contribution is 2.33. The number of anilines is 1. The lowest BCUT2D eigenvalue weighted by molar-refractivity contribution is 0.102. The zero-order valence-corrected chi connectivity index (χ0v) is 15.6. The zero-order chi connectivity index (χ0) is 19.8. The Morgan fingerprint density at radius 1 is 1.14 bits per heavy atom. The molecule has 7 nitrogen and oxygen atoms in total. The number of aromatic hydroxyl groups is 1. The molecule has 0 spiro atoms. The Morgan fingerprint density at radius 3 is 2.68 bits per heavy atom. The van der Waals surface area contributed by atoms with E-state index < -0.39 is 11.5 Å². The number of carbonyl (C=O) groups excluding carboxylic acids is 1. The van der Waals surface area contributed by atoms with Crippen molar-refractivity contribution >= 4 is 22.5 Å². The molecule has 0 saturated carbocycles. The fourth-order valence-electron chi connectivity index (χ4n) is 3.73. The Hall–Kier alpha value is -3.48. The first-order chi connectivity index (χ1) is 13.5. The predicted octanol–water partition coefficient (Wildman–Crippen LogP) is 2.92. The lowest BCUT2D eigenvalue weighted by Gasteiger charge is -2.21. The van der Waals surface area contributed by atoms with Gasteiger partial charge in [-0.2, -0.15) is 0 Å². The van der Waals surface area contributed by atoms with Crippen molar-refractivity contribution in [2.45, 2.75) is 19.4 Å². The summed E-state index contributed by atoms with van der Waals surface area (Å²) in [5.74, 6) is -0.000101. The largest absolute Gasteiger partial charge is 0.506 e. The number of ether oxygens (including phenoxy) is 2. The highest BCUT2D eigenvalue weighted by Gasteiger charge is 2.25. The van der Waals surface area contributed by atoms with Crippen LogP contribution in [-0.4, -0.2) is 29.8 Å². The number of pyridine rings is 1. The van der Waals surface area contributed by atoms with Gasteiger partial charge in [-0.05, 0) is 36.6 Å². The van der Waals surface area contributed by atoms with Crippen LogP contribution in [0.4, 0.5) is 5.69 Å². The van der Waals surface area contributed by atoms with Crippen LogP contribution < -0.4 is 20.3 Å². The summed E-state index contributed by atoms with van der Waals surface area (Å²) in [6.07, 6.45) is 1.65. The van der Waals surface area contributed by atoms with Gasteiger partial charge in [0.25, 0.3) is 11.5 Å². The maximum Gasteiger partial charge on any atom is 0.267 e. The second-order valence-corrected chi connectivity index (χ2v) is 6.62. The summed E-state index contributed by atoms with van der Waals surface area (Å²) in [5, 5.41) is 13.9. The second kappa shape index (κ2) is 6.92. The number of para-hydroxylation sites is 1. The molecule has 0 unspecified atom stereocenters. The third-order valence-electron chi connectivity index (χ3n) is 5.04. The smallest absolute Gasteiger partial charge is 0.267 e. The third kappa shape index (κ3) is 2.76. The van der Waals surface area contributed by atoms with Crippen LogP contribution in [0.5, 0.6) is 17.2 Å². The van der Waals surface area contributed by atoms with Gasteiger partial charge in [0.15, 0.2) is 11.5 Å². The van der Waals surface area contributed by atoms with Crippen molar-refractivity contribution in [3.63, 3.8) is 0 Å². The molecule has 0 bridgehead atoms. The van der Waals surface area contributed by atoms with Crippen LogP contribution in [0.25, 0.3) is 10.9 Å². The average Bonchev–Trinajstić information content (AvgIpc) is 2.71. The SMILES string of the molecule is COc1ccc(NC(=O)c2c(O)c3cccc4c3n(c2=O)CCC4)cc1OC. The highest BCUT2D eigenvalue weighted by atomic mass is 16.5. The van der Waals surface area contributed by atoms with Gasteiger partial charge in [-0.15, -0.1) is 0 Å². The zero-order valence-electron chi connectivity index (χ0n) is 15.6. The molecule has 0 radical (unpaired) electrons. The summed E-state index contributed by atoms with van der Waals surface area (Å²) < 4.78 is 12.0. The van der Waals surface area contributed by atoms with Crippen LogP contribution in [-0.2, 0) is 13.0 Å². The van der Waals surface area contributed by atoms with E-state index in [0.717, 1.165) is 18.4 Å². The molecule has 2 aromatic carbocycles. The molecule has 144 valence electrons. The van der Waals surface area contributed by atoms with Crippen LogP contribution in [0.2, 0.25) is 0 Å². The molecule has 1 amide bonds. The first-order valence-electron chi connectivity index (χ1n) is 8.96. The molecule has 1 aromatic heterocycles. The van der Waals surface area contributed by atoms with Crippen molar-refractivity contribution in [2.24, 2.45) is 0 Å². The van der Waals surface area contributed by atoms with Gasteiger partial charge in [0.05, 0.1) is 19.7 Å². The third-order valence-corrected chi connectivity index (χ3v) is 5.04. The number of rotatable bonds is 4. The maximum absolute atomic E-state index is 13.0. The van der Waals surface area contributed by atoms with Crippen molar-refractivity contribution in [3.05, 3.63) is 57.9 Å². The predicted molar refractivity (Wildman–Crippen MR) is 106 cm³/mol. The number of amides is 1. The van der Waals surface area contributed by atoms with Gasteiger partial charge >= 0.3 is 0 Å². The average molecular weight is 380 g/mol. The van der Waals surface area contributed by atoms with Crippen molar-refractivity contribution in [2.75, 3.05) is 19.5 Å². The van der Waals surface area contributed by atoms with E-state index in [1.807, 2.05) is 12.1 Å². The van der Waals surface area contributed by atoms with Gasteiger partial charge in [-0.1, -0.05) is 12.1 Å². The molecule has 0 aliphatic carbocycles. The number of methoxy groups -OCH3 is 2. The molecule has 28 heavy (non-hydrogen) atoms. The van der Waals surface area contributed by atoms with Crippen LogP contribution in [0.15, 0.2) is 41.2 Å². The number of hydrogen-bond donors (Lipinski definition) is 2. The van der Waals surface area contributed by atoms with Crippen LogP contribution in [0.3, 0.4) is 0 Å². The first-order valence-corrected chi connectivity index (χ1v) is 8.96. The van der Waals surface area contributed by atoms with E-state index in [0.29, 0.717) is 34.6 Å². The molecule has 1 aliphatic heterocycles. The van der Waals surface area contributed by atoms with Crippen LogP contribution in [0, 0.1) is 0 Å². The quantitative estimate of drug-likeness (QED) is 0.726. The van der Waals surface area contributed by atoms with Gasteiger partial charge in [-0.25, -0.2) is 0 Å². The van der Waals surface area contributed by atoms with E-state index >= 15 is 0 Å². The van der Waals surface area contributed by atoms with Gasteiger partial charge in [0.1, 0.15) is 11.3 Å². The second-order valence-electron chi connectivity index (χ2n) is 6.62. The molecule has 0 saturated heterocycles. The number of hydrogen-bond acceptors (Lipinski definition) is 5.